The molecule has 0 bridgehead atoms. The van der Waals surface area contributed by atoms with Gasteiger partial charge in [0.05, 0.1) is 19.3 Å². The lowest BCUT2D eigenvalue weighted by Crippen LogP contribution is -2.56. The maximum absolute atomic E-state index is 12.7. The summed E-state index contributed by atoms with van der Waals surface area (Å²) in [6.45, 7) is 8.75. The highest BCUT2D eigenvalue weighted by Crippen LogP contribution is 2.12. The quantitative estimate of drug-likeness (QED) is 0.753. The van der Waals surface area contributed by atoms with Gasteiger partial charge in [0.15, 0.2) is 0 Å². The van der Waals surface area contributed by atoms with Gasteiger partial charge in [0, 0.05) is 45.8 Å². The highest BCUT2D eigenvalue weighted by molar-refractivity contribution is 5.82. The van der Waals surface area contributed by atoms with Crippen molar-refractivity contribution in [1.29, 1.82) is 0 Å². The Labute approximate surface area is 144 Å². The molecule has 2 amide bonds. The lowest BCUT2D eigenvalue weighted by atomic mass is 10.1. The second-order valence-electron chi connectivity index (χ2n) is 7.05. The number of hydrogen-bond donors (Lipinski definition) is 1. The number of rotatable bonds is 3. The summed E-state index contributed by atoms with van der Waals surface area (Å²) in [7, 11) is 0. The largest absolute Gasteiger partial charge is 0.375 e. The van der Waals surface area contributed by atoms with E-state index >= 15 is 0 Å². The van der Waals surface area contributed by atoms with Crippen molar-refractivity contribution in [3.63, 3.8) is 0 Å². The fraction of sp³-hybridized carbons (Fsp3) is 0.882. The number of hydrogen-bond acceptors (Lipinski definition) is 5. The Hall–Kier alpha value is -1.18. The maximum atomic E-state index is 12.7. The first-order chi connectivity index (χ1) is 11.6. The minimum absolute atomic E-state index is 0.0812. The summed E-state index contributed by atoms with van der Waals surface area (Å²) in [5.41, 5.74) is 0. The minimum Gasteiger partial charge on any atom is -0.375 e. The molecule has 0 aromatic carbocycles. The van der Waals surface area contributed by atoms with E-state index in [0.717, 1.165) is 58.5 Å². The highest BCUT2D eigenvalue weighted by Gasteiger charge is 2.32. The van der Waals surface area contributed by atoms with Crippen molar-refractivity contribution in [3.8, 4) is 0 Å². The van der Waals surface area contributed by atoms with Gasteiger partial charge in [-0.2, -0.15) is 0 Å². The molecule has 7 nitrogen and oxygen atoms in total. The fourth-order valence-corrected chi connectivity index (χ4v) is 3.81. The molecule has 0 radical (unpaired) electrons. The molecule has 0 aromatic rings. The van der Waals surface area contributed by atoms with Crippen molar-refractivity contribution < 1.29 is 14.3 Å². The van der Waals surface area contributed by atoms with Crippen LogP contribution in [0.1, 0.15) is 26.2 Å². The minimum atomic E-state index is -0.239. The molecule has 1 N–H and O–H groups in total. The van der Waals surface area contributed by atoms with E-state index in [9.17, 15) is 9.59 Å². The molecule has 0 unspecified atom stereocenters. The van der Waals surface area contributed by atoms with Crippen molar-refractivity contribution in [1.82, 2.24) is 20.0 Å². The van der Waals surface area contributed by atoms with E-state index in [1.54, 1.807) is 0 Å². The van der Waals surface area contributed by atoms with Gasteiger partial charge in [-0.25, -0.2) is 0 Å². The van der Waals surface area contributed by atoms with Crippen LogP contribution in [0.4, 0.5) is 0 Å². The third-order valence-corrected chi connectivity index (χ3v) is 5.30. The normalized spacial score (nSPS) is 29.5. The smallest absolute Gasteiger partial charge is 0.242 e. The second kappa shape index (κ2) is 8.27. The van der Waals surface area contributed by atoms with Gasteiger partial charge >= 0.3 is 0 Å². The Morgan fingerprint density at radius 3 is 2.50 bits per heavy atom. The standard InChI is InChI=1S/C17H30N4O3/c1-14-16(18-5-12-24-14)17(23)21-9-4-6-19(10-11-21)13-15(22)20-7-2-3-8-20/h14,16,18H,2-13H2,1H3/t14-,16+/m1/s1. The zero-order chi connectivity index (χ0) is 16.9. The third kappa shape index (κ3) is 4.26. The number of carbonyl (C=O) groups is 2. The first kappa shape index (κ1) is 17.6. The van der Waals surface area contributed by atoms with Crippen LogP contribution >= 0.6 is 0 Å². The number of morpholine rings is 1. The molecule has 0 aliphatic carbocycles. The van der Waals surface area contributed by atoms with Gasteiger partial charge in [-0.3, -0.25) is 14.5 Å². The molecule has 3 fully saturated rings. The Bertz CT molecular complexity index is 453. The zero-order valence-corrected chi connectivity index (χ0v) is 14.7. The molecular weight excluding hydrogens is 308 g/mol. The highest BCUT2D eigenvalue weighted by atomic mass is 16.5. The molecule has 24 heavy (non-hydrogen) atoms. The molecular formula is C17H30N4O3. The van der Waals surface area contributed by atoms with Crippen LogP contribution in [0.5, 0.6) is 0 Å². The molecule has 3 heterocycles. The Kier molecular flexibility index (Phi) is 6.08. The molecule has 0 spiro atoms. The molecule has 3 saturated heterocycles. The van der Waals surface area contributed by atoms with Crippen molar-refractivity contribution in [3.05, 3.63) is 0 Å². The third-order valence-electron chi connectivity index (χ3n) is 5.30. The summed E-state index contributed by atoms with van der Waals surface area (Å²) in [6.07, 6.45) is 3.09. The summed E-state index contributed by atoms with van der Waals surface area (Å²) in [5.74, 6) is 0.373. The van der Waals surface area contributed by atoms with Crippen LogP contribution in [0.3, 0.4) is 0 Å². The predicted octanol–water partition coefficient (Wildman–Crippen LogP) is -0.480. The second-order valence-corrected chi connectivity index (χ2v) is 7.05. The average Bonchev–Trinajstić information content (AvgIpc) is 3.02. The van der Waals surface area contributed by atoms with E-state index in [1.807, 2.05) is 16.7 Å². The molecule has 3 rings (SSSR count). The van der Waals surface area contributed by atoms with E-state index in [-0.39, 0.29) is 24.0 Å². The van der Waals surface area contributed by atoms with Gasteiger partial charge in [0.25, 0.3) is 0 Å². The van der Waals surface area contributed by atoms with Crippen molar-refractivity contribution in [2.45, 2.75) is 38.3 Å². The van der Waals surface area contributed by atoms with E-state index in [4.69, 9.17) is 4.74 Å². The molecule has 7 heteroatoms. The number of ether oxygens (including phenoxy) is 1. The van der Waals surface area contributed by atoms with Crippen LogP contribution in [0.25, 0.3) is 0 Å². The monoisotopic (exact) mass is 338 g/mol. The number of likely N-dealkylation sites (tertiary alicyclic amines) is 1. The van der Waals surface area contributed by atoms with Gasteiger partial charge in [0.1, 0.15) is 6.04 Å². The van der Waals surface area contributed by atoms with Crippen molar-refractivity contribution in [2.75, 3.05) is 59.0 Å². The van der Waals surface area contributed by atoms with Crippen molar-refractivity contribution in [2.24, 2.45) is 0 Å². The number of nitrogens with one attached hydrogen (secondary N) is 1. The molecule has 3 aliphatic heterocycles. The van der Waals surface area contributed by atoms with E-state index in [2.05, 4.69) is 10.2 Å². The lowest BCUT2D eigenvalue weighted by Gasteiger charge is -2.33. The van der Waals surface area contributed by atoms with E-state index < -0.39 is 0 Å². The summed E-state index contributed by atoms with van der Waals surface area (Å²) >= 11 is 0. The van der Waals surface area contributed by atoms with Crippen LogP contribution in [-0.4, -0.2) is 97.6 Å². The molecule has 0 saturated carbocycles. The van der Waals surface area contributed by atoms with Crippen LogP contribution in [0, 0.1) is 0 Å². The van der Waals surface area contributed by atoms with Gasteiger partial charge in [-0.1, -0.05) is 0 Å². The van der Waals surface area contributed by atoms with Crippen LogP contribution < -0.4 is 5.32 Å². The first-order valence-electron chi connectivity index (χ1n) is 9.29. The SMILES string of the molecule is C[C@H]1OCCN[C@@H]1C(=O)N1CCCN(CC(=O)N2CCCC2)CC1. The number of amides is 2. The summed E-state index contributed by atoms with van der Waals surface area (Å²) in [6, 6.07) is -0.239. The molecule has 3 aliphatic rings. The van der Waals surface area contributed by atoms with Crippen LogP contribution in [-0.2, 0) is 14.3 Å². The van der Waals surface area contributed by atoms with Gasteiger partial charge in [-0.15, -0.1) is 0 Å². The fourth-order valence-electron chi connectivity index (χ4n) is 3.81. The zero-order valence-electron chi connectivity index (χ0n) is 14.7. The Morgan fingerprint density at radius 1 is 1.00 bits per heavy atom. The molecule has 0 aromatic heterocycles. The van der Waals surface area contributed by atoms with Gasteiger partial charge in [0.2, 0.25) is 11.8 Å². The first-order valence-corrected chi connectivity index (χ1v) is 9.29. The van der Waals surface area contributed by atoms with Gasteiger partial charge < -0.3 is 19.9 Å². The summed E-state index contributed by atoms with van der Waals surface area (Å²) < 4.78 is 5.59. The van der Waals surface area contributed by atoms with Crippen molar-refractivity contribution >= 4 is 11.8 Å². The van der Waals surface area contributed by atoms with Gasteiger partial charge in [-0.05, 0) is 26.2 Å². The summed E-state index contributed by atoms with van der Waals surface area (Å²) in [5, 5.41) is 3.28. The molecule has 136 valence electrons. The van der Waals surface area contributed by atoms with Crippen LogP contribution in [0.15, 0.2) is 0 Å². The Balaban J connectivity index is 1.49. The topological polar surface area (TPSA) is 65.1 Å². The number of carbonyl (C=O) groups excluding carboxylic acids is 2. The Morgan fingerprint density at radius 2 is 1.75 bits per heavy atom. The van der Waals surface area contributed by atoms with Crippen LogP contribution in [0.2, 0.25) is 0 Å². The predicted molar refractivity (Wildman–Crippen MR) is 90.7 cm³/mol. The lowest BCUT2D eigenvalue weighted by molar-refractivity contribution is -0.139. The summed E-state index contributed by atoms with van der Waals surface area (Å²) in [4.78, 5) is 31.2. The molecule has 2 atom stereocenters. The van der Waals surface area contributed by atoms with E-state index in [0.29, 0.717) is 19.7 Å². The average molecular weight is 338 g/mol. The van der Waals surface area contributed by atoms with E-state index in [1.165, 1.54) is 0 Å². The number of nitrogens with zero attached hydrogens (tertiary/aromatic N) is 3. The maximum Gasteiger partial charge on any atom is 0.242 e.